The lowest BCUT2D eigenvalue weighted by Crippen LogP contribution is -2.47. The van der Waals surface area contributed by atoms with Crippen molar-refractivity contribution in [3.05, 3.63) is 83.8 Å². The van der Waals surface area contributed by atoms with Gasteiger partial charge in [-0.1, -0.05) is 30.3 Å². The molecule has 4 aromatic rings. The van der Waals surface area contributed by atoms with E-state index in [2.05, 4.69) is 44.5 Å². The van der Waals surface area contributed by atoms with Crippen molar-refractivity contribution in [1.82, 2.24) is 24.9 Å². The summed E-state index contributed by atoms with van der Waals surface area (Å²) in [6, 6.07) is 17.0. The molecule has 1 N–H and O–H groups in total. The van der Waals surface area contributed by atoms with Gasteiger partial charge in [0, 0.05) is 35.4 Å². The number of carbonyl (C=O) groups excluding carboxylic acids is 1. The number of nitrogens with one attached hydrogen (secondary N) is 1. The van der Waals surface area contributed by atoms with Gasteiger partial charge in [0.1, 0.15) is 0 Å². The van der Waals surface area contributed by atoms with E-state index in [9.17, 15) is 4.79 Å². The van der Waals surface area contributed by atoms with Crippen molar-refractivity contribution >= 4 is 16.8 Å². The first-order valence-electron chi connectivity index (χ1n) is 11.6. The lowest BCUT2D eigenvalue weighted by molar-refractivity contribution is 0.0523. The number of aromatic amines is 1. The quantitative estimate of drug-likeness (QED) is 0.514. The van der Waals surface area contributed by atoms with Gasteiger partial charge < -0.3 is 4.90 Å². The van der Waals surface area contributed by atoms with E-state index >= 15 is 0 Å². The van der Waals surface area contributed by atoms with Gasteiger partial charge in [0.05, 0.1) is 18.3 Å². The maximum Gasteiger partial charge on any atom is 0.254 e. The summed E-state index contributed by atoms with van der Waals surface area (Å²) in [5.41, 5.74) is 4.33. The lowest BCUT2D eigenvalue weighted by atomic mass is 9.84. The Morgan fingerprint density at radius 2 is 1.81 bits per heavy atom. The van der Waals surface area contributed by atoms with Gasteiger partial charge in [0.25, 0.3) is 5.91 Å². The first-order valence-corrected chi connectivity index (χ1v) is 11.6. The Labute approximate surface area is 187 Å². The number of benzene rings is 2. The molecule has 2 unspecified atom stereocenters. The number of hydrogen-bond donors (Lipinski definition) is 1. The minimum absolute atomic E-state index is 0.190. The predicted octanol–water partition coefficient (Wildman–Crippen LogP) is 4.43. The number of nitrogens with zero attached hydrogens (tertiary/aromatic N) is 4. The molecule has 2 atom stereocenters. The molecule has 2 aliphatic heterocycles. The number of hydrogen-bond acceptors (Lipinski definition) is 3. The maximum absolute atomic E-state index is 13.7. The molecule has 6 heteroatoms. The number of H-pyrrole nitrogens is 1. The smallest absolute Gasteiger partial charge is 0.254 e. The van der Waals surface area contributed by atoms with Crippen LogP contribution in [0.5, 0.6) is 0 Å². The second kappa shape index (κ2) is 7.93. The summed E-state index contributed by atoms with van der Waals surface area (Å²) in [7, 11) is 0. The number of amides is 1. The van der Waals surface area contributed by atoms with Gasteiger partial charge in [-0.15, -0.1) is 0 Å². The van der Waals surface area contributed by atoms with Gasteiger partial charge in [-0.3, -0.25) is 14.6 Å². The summed E-state index contributed by atoms with van der Waals surface area (Å²) >= 11 is 0. The normalized spacial score (nSPS) is 22.5. The van der Waals surface area contributed by atoms with Gasteiger partial charge in [-0.05, 0) is 67.3 Å². The van der Waals surface area contributed by atoms with E-state index in [0.29, 0.717) is 24.5 Å². The number of fused-ring (bicyclic) bond motifs is 3. The van der Waals surface area contributed by atoms with Crippen LogP contribution < -0.4 is 0 Å². The summed E-state index contributed by atoms with van der Waals surface area (Å²) in [6.07, 6.45) is 11.1. The third-order valence-corrected chi connectivity index (χ3v) is 7.29. The van der Waals surface area contributed by atoms with Crippen molar-refractivity contribution < 1.29 is 4.79 Å². The SMILES string of the molecule is O=C(c1ccccc1Cn1cccn1)N1C2CCC1CC(Cc1cccc3[nH]ncc13)C2. The largest absolute Gasteiger partial charge is 0.333 e. The summed E-state index contributed by atoms with van der Waals surface area (Å²) in [5.74, 6) is 0.798. The van der Waals surface area contributed by atoms with Crippen LogP contribution in [0.15, 0.2) is 67.1 Å². The molecule has 32 heavy (non-hydrogen) atoms. The van der Waals surface area contributed by atoms with Crippen LogP contribution in [0.25, 0.3) is 10.9 Å². The fourth-order valence-electron chi connectivity index (χ4n) is 5.88. The van der Waals surface area contributed by atoms with Crippen LogP contribution in [-0.4, -0.2) is 42.9 Å². The lowest BCUT2D eigenvalue weighted by Gasteiger charge is -2.39. The molecule has 2 saturated heterocycles. The molecule has 2 aliphatic rings. The summed E-state index contributed by atoms with van der Waals surface area (Å²) < 4.78 is 1.88. The van der Waals surface area contributed by atoms with E-state index in [1.54, 1.807) is 6.20 Å². The topological polar surface area (TPSA) is 66.8 Å². The molecule has 2 aromatic heterocycles. The Balaban J connectivity index is 1.21. The van der Waals surface area contributed by atoms with Crippen molar-refractivity contribution in [3.63, 3.8) is 0 Å². The molecule has 1 amide bonds. The second-order valence-electron chi connectivity index (χ2n) is 9.25. The Bertz CT molecular complexity index is 1230. The third-order valence-electron chi connectivity index (χ3n) is 7.29. The third kappa shape index (κ3) is 3.40. The number of aromatic nitrogens is 4. The second-order valence-corrected chi connectivity index (χ2v) is 9.25. The minimum Gasteiger partial charge on any atom is -0.333 e. The molecular formula is C26H27N5O. The Kier molecular flexibility index (Phi) is 4.78. The summed E-state index contributed by atoms with van der Waals surface area (Å²) in [5, 5.41) is 12.8. The Hall–Kier alpha value is -3.41. The molecule has 0 aliphatic carbocycles. The molecule has 2 fully saturated rings. The van der Waals surface area contributed by atoms with E-state index < -0.39 is 0 Å². The van der Waals surface area contributed by atoms with E-state index in [1.165, 1.54) is 10.9 Å². The maximum atomic E-state index is 13.7. The average molecular weight is 426 g/mol. The van der Waals surface area contributed by atoms with Crippen LogP contribution in [0, 0.1) is 5.92 Å². The molecular weight excluding hydrogens is 398 g/mol. The highest BCUT2D eigenvalue weighted by Crippen LogP contribution is 2.41. The first kappa shape index (κ1) is 19.3. The van der Waals surface area contributed by atoms with Gasteiger partial charge in [-0.2, -0.15) is 10.2 Å². The monoisotopic (exact) mass is 425 g/mol. The van der Waals surface area contributed by atoms with Crippen molar-refractivity contribution in [2.45, 2.75) is 50.7 Å². The number of piperidine rings is 1. The van der Waals surface area contributed by atoms with E-state index in [4.69, 9.17) is 0 Å². The Morgan fingerprint density at radius 3 is 2.62 bits per heavy atom. The van der Waals surface area contributed by atoms with E-state index in [-0.39, 0.29) is 5.91 Å². The Morgan fingerprint density at radius 1 is 1.00 bits per heavy atom. The summed E-state index contributed by atoms with van der Waals surface area (Å²) in [6.45, 7) is 0.620. The molecule has 162 valence electrons. The zero-order valence-electron chi connectivity index (χ0n) is 18.0. The van der Waals surface area contributed by atoms with Crippen molar-refractivity contribution in [2.24, 2.45) is 5.92 Å². The van der Waals surface area contributed by atoms with Gasteiger partial charge in [0.15, 0.2) is 0 Å². The molecule has 0 spiro atoms. The van der Waals surface area contributed by atoms with Crippen LogP contribution >= 0.6 is 0 Å². The van der Waals surface area contributed by atoms with E-state index in [1.807, 2.05) is 41.3 Å². The highest BCUT2D eigenvalue weighted by Gasteiger charge is 2.43. The fourth-order valence-corrected chi connectivity index (χ4v) is 5.88. The number of carbonyl (C=O) groups is 1. The zero-order chi connectivity index (χ0) is 21.5. The highest BCUT2D eigenvalue weighted by molar-refractivity contribution is 5.96. The first-order chi connectivity index (χ1) is 15.8. The van der Waals surface area contributed by atoms with Crippen molar-refractivity contribution in [1.29, 1.82) is 0 Å². The van der Waals surface area contributed by atoms with Gasteiger partial charge >= 0.3 is 0 Å². The average Bonchev–Trinajstić information content (AvgIpc) is 3.54. The van der Waals surface area contributed by atoms with Gasteiger partial charge in [0.2, 0.25) is 0 Å². The molecule has 2 bridgehead atoms. The van der Waals surface area contributed by atoms with Crippen LogP contribution in [-0.2, 0) is 13.0 Å². The highest BCUT2D eigenvalue weighted by atomic mass is 16.2. The molecule has 6 rings (SSSR count). The molecule has 4 heterocycles. The number of rotatable bonds is 5. The molecule has 2 aromatic carbocycles. The predicted molar refractivity (Wildman–Crippen MR) is 123 cm³/mol. The summed E-state index contributed by atoms with van der Waals surface area (Å²) in [4.78, 5) is 15.9. The van der Waals surface area contributed by atoms with Crippen molar-refractivity contribution in [3.8, 4) is 0 Å². The molecule has 0 saturated carbocycles. The van der Waals surface area contributed by atoms with Gasteiger partial charge in [-0.25, -0.2) is 0 Å². The van der Waals surface area contributed by atoms with Crippen LogP contribution in [0.2, 0.25) is 0 Å². The van der Waals surface area contributed by atoms with E-state index in [0.717, 1.165) is 48.7 Å². The van der Waals surface area contributed by atoms with Crippen molar-refractivity contribution in [2.75, 3.05) is 0 Å². The fraction of sp³-hybridized carbons (Fsp3) is 0.346. The van der Waals surface area contributed by atoms with Crippen LogP contribution in [0.4, 0.5) is 0 Å². The van der Waals surface area contributed by atoms with Crippen LogP contribution in [0.3, 0.4) is 0 Å². The zero-order valence-corrected chi connectivity index (χ0v) is 18.0. The standard InChI is InChI=1S/C26H27N5O/c32-26(23-7-2-1-5-20(23)17-30-12-4-11-28-30)31-21-9-10-22(31)15-18(14-21)13-19-6-3-8-25-24(19)16-27-29-25/h1-8,11-12,16,18,21-22H,9-10,13-15,17H2,(H,27,29). The molecule has 0 radical (unpaired) electrons. The molecule has 6 nitrogen and oxygen atoms in total. The van der Waals surface area contributed by atoms with Crippen LogP contribution in [0.1, 0.15) is 47.2 Å². The minimum atomic E-state index is 0.190.